The van der Waals surface area contributed by atoms with E-state index in [0.29, 0.717) is 0 Å². The molecule has 3 N–H and O–H groups in total. The highest BCUT2D eigenvalue weighted by Crippen LogP contribution is 2.24. The summed E-state index contributed by atoms with van der Waals surface area (Å²) < 4.78 is 0. The number of benzene rings is 1. The Kier molecular flexibility index (Phi) is 2.70. The van der Waals surface area contributed by atoms with Gasteiger partial charge in [-0.2, -0.15) is 0 Å². The molecule has 0 spiro atoms. The maximum atomic E-state index is 6.03. The predicted molar refractivity (Wildman–Crippen MR) is 65.2 cm³/mol. The lowest BCUT2D eigenvalue weighted by Gasteiger charge is -2.22. The van der Waals surface area contributed by atoms with E-state index in [2.05, 4.69) is 37.4 Å². The third kappa shape index (κ3) is 2.72. The van der Waals surface area contributed by atoms with Crippen LogP contribution in [0.1, 0.15) is 31.4 Å². The number of rotatable bonds is 2. The number of nitrogens with one attached hydrogen (secondary N) is 1. The molecule has 1 aliphatic rings. The Balaban J connectivity index is 2.21. The van der Waals surface area contributed by atoms with E-state index < -0.39 is 0 Å². The number of hydrogen-bond acceptors (Lipinski definition) is 2. The van der Waals surface area contributed by atoms with Gasteiger partial charge in [-0.3, -0.25) is 0 Å². The van der Waals surface area contributed by atoms with Gasteiger partial charge < -0.3 is 11.1 Å². The van der Waals surface area contributed by atoms with Crippen molar-refractivity contribution in [2.45, 2.75) is 38.6 Å². The zero-order valence-corrected chi connectivity index (χ0v) is 9.64. The van der Waals surface area contributed by atoms with Gasteiger partial charge in [-0.1, -0.05) is 12.1 Å². The standard InChI is InChI=1S/C13H20N2/c1-13(2,14)9-10-5-6-12-11(8-10)4-3-7-15-12/h5-6,8,15H,3-4,7,9,14H2,1-2H3. The van der Waals surface area contributed by atoms with Gasteiger partial charge in [-0.25, -0.2) is 0 Å². The zero-order chi connectivity index (χ0) is 10.9. The first-order valence-electron chi connectivity index (χ1n) is 5.69. The van der Waals surface area contributed by atoms with E-state index in [1.54, 1.807) is 0 Å². The van der Waals surface area contributed by atoms with Crippen molar-refractivity contribution in [1.29, 1.82) is 0 Å². The first-order valence-corrected chi connectivity index (χ1v) is 5.69. The van der Waals surface area contributed by atoms with Gasteiger partial charge in [0.1, 0.15) is 0 Å². The summed E-state index contributed by atoms with van der Waals surface area (Å²) in [6, 6.07) is 6.68. The molecule has 0 saturated heterocycles. The minimum atomic E-state index is -0.115. The molecular weight excluding hydrogens is 184 g/mol. The molecule has 0 aliphatic carbocycles. The van der Waals surface area contributed by atoms with Gasteiger partial charge in [0.25, 0.3) is 0 Å². The second-order valence-corrected chi connectivity index (χ2v) is 5.19. The van der Waals surface area contributed by atoms with Crippen LogP contribution in [-0.4, -0.2) is 12.1 Å². The average Bonchev–Trinajstić information content (AvgIpc) is 2.15. The van der Waals surface area contributed by atoms with Crippen LogP contribution < -0.4 is 11.1 Å². The predicted octanol–water partition coefficient (Wildman–Crippen LogP) is 2.32. The largest absolute Gasteiger partial charge is 0.385 e. The van der Waals surface area contributed by atoms with Crippen LogP contribution >= 0.6 is 0 Å². The molecule has 0 radical (unpaired) electrons. The van der Waals surface area contributed by atoms with E-state index in [9.17, 15) is 0 Å². The molecule has 0 saturated carbocycles. The van der Waals surface area contributed by atoms with Crippen molar-refractivity contribution in [2.75, 3.05) is 11.9 Å². The third-order valence-corrected chi connectivity index (χ3v) is 2.77. The Hall–Kier alpha value is -1.02. The van der Waals surface area contributed by atoms with Gasteiger partial charge >= 0.3 is 0 Å². The Bertz CT molecular complexity index is 350. The third-order valence-electron chi connectivity index (χ3n) is 2.77. The Morgan fingerprint density at radius 1 is 1.40 bits per heavy atom. The Morgan fingerprint density at radius 3 is 2.93 bits per heavy atom. The number of aryl methyl sites for hydroxylation is 1. The van der Waals surface area contributed by atoms with Gasteiger partial charge in [0.2, 0.25) is 0 Å². The number of fused-ring (bicyclic) bond motifs is 1. The fourth-order valence-corrected chi connectivity index (χ4v) is 2.16. The lowest BCUT2D eigenvalue weighted by atomic mass is 9.93. The molecule has 2 heteroatoms. The molecule has 1 aromatic rings. The van der Waals surface area contributed by atoms with Crippen LogP contribution in [0.15, 0.2) is 18.2 Å². The first kappa shape index (κ1) is 10.5. The molecule has 0 fully saturated rings. The number of hydrogen-bond donors (Lipinski definition) is 2. The van der Waals surface area contributed by atoms with Crippen LogP contribution in [0.4, 0.5) is 5.69 Å². The van der Waals surface area contributed by atoms with E-state index in [1.165, 1.54) is 29.7 Å². The molecule has 82 valence electrons. The van der Waals surface area contributed by atoms with Crippen LogP contribution in [0.3, 0.4) is 0 Å². The van der Waals surface area contributed by atoms with Crippen LogP contribution in [0.2, 0.25) is 0 Å². The van der Waals surface area contributed by atoms with Crippen molar-refractivity contribution < 1.29 is 0 Å². The topological polar surface area (TPSA) is 38.0 Å². The highest BCUT2D eigenvalue weighted by atomic mass is 14.9. The monoisotopic (exact) mass is 204 g/mol. The van der Waals surface area contributed by atoms with Crippen LogP contribution in [0.5, 0.6) is 0 Å². The number of nitrogens with two attached hydrogens (primary N) is 1. The molecule has 0 atom stereocenters. The minimum absolute atomic E-state index is 0.115. The van der Waals surface area contributed by atoms with Crippen molar-refractivity contribution in [3.8, 4) is 0 Å². The maximum Gasteiger partial charge on any atom is 0.0372 e. The van der Waals surface area contributed by atoms with Gasteiger partial charge in [0.15, 0.2) is 0 Å². The Labute approximate surface area is 91.9 Å². The molecular formula is C13H20N2. The zero-order valence-electron chi connectivity index (χ0n) is 9.64. The average molecular weight is 204 g/mol. The van der Waals surface area contributed by atoms with E-state index >= 15 is 0 Å². The summed E-state index contributed by atoms with van der Waals surface area (Å²) in [5, 5.41) is 3.42. The highest BCUT2D eigenvalue weighted by molar-refractivity contribution is 5.54. The molecule has 1 aromatic carbocycles. The number of anilines is 1. The van der Waals surface area contributed by atoms with Crippen molar-refractivity contribution >= 4 is 5.69 Å². The van der Waals surface area contributed by atoms with Crippen molar-refractivity contribution in [3.05, 3.63) is 29.3 Å². The highest BCUT2D eigenvalue weighted by Gasteiger charge is 2.14. The normalized spacial score (nSPS) is 15.7. The SMILES string of the molecule is CC(C)(N)Cc1ccc2c(c1)CCCN2. The minimum Gasteiger partial charge on any atom is -0.385 e. The van der Waals surface area contributed by atoms with Crippen LogP contribution in [0, 0.1) is 0 Å². The Morgan fingerprint density at radius 2 is 2.20 bits per heavy atom. The van der Waals surface area contributed by atoms with Crippen molar-refractivity contribution in [2.24, 2.45) is 5.73 Å². The lowest BCUT2D eigenvalue weighted by molar-refractivity contribution is 0.516. The lowest BCUT2D eigenvalue weighted by Crippen LogP contribution is -2.34. The molecule has 0 bridgehead atoms. The van der Waals surface area contributed by atoms with E-state index in [4.69, 9.17) is 5.73 Å². The quantitative estimate of drug-likeness (QED) is 0.776. The van der Waals surface area contributed by atoms with E-state index in [1.807, 2.05) is 0 Å². The van der Waals surface area contributed by atoms with E-state index in [-0.39, 0.29) is 5.54 Å². The fraction of sp³-hybridized carbons (Fsp3) is 0.538. The summed E-state index contributed by atoms with van der Waals surface area (Å²) in [7, 11) is 0. The molecule has 2 nitrogen and oxygen atoms in total. The first-order chi connectivity index (χ1) is 7.04. The van der Waals surface area contributed by atoms with Gasteiger partial charge in [-0.15, -0.1) is 0 Å². The van der Waals surface area contributed by atoms with Gasteiger partial charge in [-0.05, 0) is 50.3 Å². The van der Waals surface area contributed by atoms with E-state index in [0.717, 1.165) is 13.0 Å². The van der Waals surface area contributed by atoms with Crippen molar-refractivity contribution in [3.63, 3.8) is 0 Å². The maximum absolute atomic E-state index is 6.03. The molecule has 0 aromatic heterocycles. The molecule has 1 heterocycles. The summed E-state index contributed by atoms with van der Waals surface area (Å²) in [6.07, 6.45) is 3.38. The fourth-order valence-electron chi connectivity index (χ4n) is 2.16. The smallest absolute Gasteiger partial charge is 0.0372 e. The summed E-state index contributed by atoms with van der Waals surface area (Å²) in [4.78, 5) is 0. The van der Waals surface area contributed by atoms with Crippen LogP contribution in [0.25, 0.3) is 0 Å². The molecule has 15 heavy (non-hydrogen) atoms. The van der Waals surface area contributed by atoms with Crippen molar-refractivity contribution in [1.82, 2.24) is 0 Å². The summed E-state index contributed by atoms with van der Waals surface area (Å²) in [6.45, 7) is 5.25. The molecule has 0 amide bonds. The second kappa shape index (κ2) is 3.86. The molecule has 1 aliphatic heterocycles. The molecule has 2 rings (SSSR count). The van der Waals surface area contributed by atoms with Crippen LogP contribution in [-0.2, 0) is 12.8 Å². The molecule has 0 unspecified atom stereocenters. The summed E-state index contributed by atoms with van der Waals surface area (Å²) in [5.41, 5.74) is 10.0. The van der Waals surface area contributed by atoms with Gasteiger partial charge in [0, 0.05) is 17.8 Å². The summed E-state index contributed by atoms with van der Waals surface area (Å²) in [5.74, 6) is 0. The summed E-state index contributed by atoms with van der Waals surface area (Å²) >= 11 is 0. The second-order valence-electron chi connectivity index (χ2n) is 5.19. The van der Waals surface area contributed by atoms with Gasteiger partial charge in [0.05, 0.1) is 0 Å².